The Hall–Kier alpha value is -5.15. The SMILES string of the molecule is CC1=C(C)C2C(C)=C(C)C1C(=O)c1cc3c(cc12)c1cc(-c2cccc4c2oc2ccccc24)cc2c4cc5c(cc4n3c12)C1(C)CC2CC(CC5(C)C2)C1. The standard InChI is InChI=1S/C52H45NO2/c1-25-27(3)47-28(4)26(2)46(25)37-17-35-38-15-31(32-11-9-12-34-33-10-7-8-13-45(33)55-50(32)34)16-39-36-18-41-42(52(6)23-29-14-30(24-52)22-51(41,5)21-29)20-44(36)53(48(38)39)43(35)19-40(37)49(47)54/h7-13,15-20,29-30,46-47H,14,21-24H2,1-6H3. The molecule has 0 aliphatic heterocycles. The molecule has 15 rings (SSSR count). The molecule has 55 heavy (non-hydrogen) atoms. The molecule has 2 atom stereocenters. The first-order valence-corrected chi connectivity index (χ1v) is 20.7. The third-order valence-corrected chi connectivity index (χ3v) is 16.2. The van der Waals surface area contributed by atoms with Crippen LogP contribution in [0.2, 0.25) is 0 Å². The number of benzene rings is 5. The van der Waals surface area contributed by atoms with E-state index in [2.05, 4.69) is 125 Å². The fourth-order valence-electron chi connectivity index (χ4n) is 13.9. The molecule has 0 amide bonds. The van der Waals surface area contributed by atoms with Gasteiger partial charge in [-0.3, -0.25) is 4.79 Å². The molecule has 2 saturated carbocycles. The summed E-state index contributed by atoms with van der Waals surface area (Å²) < 4.78 is 9.23. The van der Waals surface area contributed by atoms with Crippen molar-refractivity contribution in [3.8, 4) is 11.1 Å². The van der Waals surface area contributed by atoms with Crippen molar-refractivity contribution in [1.29, 1.82) is 0 Å². The number of nitrogens with zero attached hydrogens (tertiary/aromatic N) is 1. The summed E-state index contributed by atoms with van der Waals surface area (Å²) in [5.74, 6) is 1.84. The van der Waals surface area contributed by atoms with E-state index in [-0.39, 0.29) is 28.4 Å². The Morgan fingerprint density at radius 3 is 1.91 bits per heavy atom. The zero-order valence-corrected chi connectivity index (χ0v) is 32.6. The van der Waals surface area contributed by atoms with Gasteiger partial charge in [0.15, 0.2) is 5.78 Å². The molecule has 270 valence electrons. The molecule has 2 fully saturated rings. The minimum absolute atomic E-state index is 0.130. The highest BCUT2D eigenvalue weighted by atomic mass is 16.3. The predicted octanol–water partition coefficient (Wildman–Crippen LogP) is 13.7. The Morgan fingerprint density at radius 1 is 0.600 bits per heavy atom. The Bertz CT molecular complexity index is 3150. The maximum atomic E-state index is 14.7. The lowest BCUT2D eigenvalue weighted by Gasteiger charge is -2.46. The minimum atomic E-state index is -0.168. The van der Waals surface area contributed by atoms with Crippen molar-refractivity contribution >= 4 is 65.8 Å². The van der Waals surface area contributed by atoms with Gasteiger partial charge in [0.1, 0.15) is 11.2 Å². The van der Waals surface area contributed by atoms with Gasteiger partial charge in [-0.2, -0.15) is 0 Å². The number of hydrogen-bond acceptors (Lipinski definition) is 2. The second kappa shape index (κ2) is 9.80. The fraction of sp³-hybridized carbons (Fsp3) is 0.327. The van der Waals surface area contributed by atoms with E-state index >= 15 is 0 Å². The summed E-state index contributed by atoms with van der Waals surface area (Å²) >= 11 is 0. The van der Waals surface area contributed by atoms with E-state index in [4.69, 9.17) is 4.42 Å². The van der Waals surface area contributed by atoms with Crippen LogP contribution in [0, 0.1) is 17.8 Å². The summed E-state index contributed by atoms with van der Waals surface area (Å²) in [4.78, 5) is 14.7. The molecule has 7 aliphatic rings. The summed E-state index contributed by atoms with van der Waals surface area (Å²) in [6.45, 7) is 14.1. The number of carbonyl (C=O) groups is 1. The molecule has 0 saturated heterocycles. The number of allylic oxidation sites excluding steroid dienone is 4. The van der Waals surface area contributed by atoms with Crippen molar-refractivity contribution in [3.63, 3.8) is 0 Å². The van der Waals surface area contributed by atoms with Crippen LogP contribution in [-0.4, -0.2) is 10.2 Å². The molecule has 5 aromatic carbocycles. The van der Waals surface area contributed by atoms with Crippen LogP contribution < -0.4 is 0 Å². The predicted molar refractivity (Wildman–Crippen MR) is 226 cm³/mol. The van der Waals surface area contributed by atoms with Crippen molar-refractivity contribution in [2.45, 2.75) is 90.4 Å². The Labute approximate surface area is 321 Å². The molecule has 7 aliphatic carbocycles. The number of fused-ring (bicyclic) bond motifs is 9. The zero-order chi connectivity index (χ0) is 37.0. The highest BCUT2D eigenvalue weighted by molar-refractivity contribution is 6.26. The molecule has 3 nitrogen and oxygen atoms in total. The van der Waals surface area contributed by atoms with Crippen LogP contribution in [0.25, 0.3) is 71.2 Å². The smallest absolute Gasteiger partial charge is 0.174 e. The molecule has 0 radical (unpaired) electrons. The summed E-state index contributed by atoms with van der Waals surface area (Å²) in [7, 11) is 0. The van der Waals surface area contributed by atoms with E-state index in [1.165, 1.54) is 98.1 Å². The van der Waals surface area contributed by atoms with Gasteiger partial charge in [0.2, 0.25) is 0 Å². The van der Waals surface area contributed by atoms with Gasteiger partial charge < -0.3 is 8.82 Å². The Morgan fingerprint density at radius 2 is 1.20 bits per heavy atom. The van der Waals surface area contributed by atoms with E-state index in [1.807, 2.05) is 0 Å². The minimum Gasteiger partial charge on any atom is -0.455 e. The summed E-state index contributed by atoms with van der Waals surface area (Å²) in [6.07, 6.45) is 6.62. The number of para-hydroxylation sites is 2. The van der Waals surface area contributed by atoms with Crippen LogP contribution in [0.5, 0.6) is 0 Å². The number of rotatable bonds is 1. The summed E-state index contributed by atoms with van der Waals surface area (Å²) in [6, 6.07) is 29.9. The lowest BCUT2D eigenvalue weighted by Crippen LogP contribution is -2.38. The van der Waals surface area contributed by atoms with Gasteiger partial charge in [-0.15, -0.1) is 0 Å². The largest absolute Gasteiger partial charge is 0.455 e. The van der Waals surface area contributed by atoms with Crippen molar-refractivity contribution in [2.75, 3.05) is 0 Å². The van der Waals surface area contributed by atoms with Crippen molar-refractivity contribution < 1.29 is 9.21 Å². The Kier molecular flexibility index (Phi) is 5.54. The van der Waals surface area contributed by atoms with Crippen LogP contribution in [-0.2, 0) is 10.8 Å². The van der Waals surface area contributed by atoms with Crippen LogP contribution >= 0.6 is 0 Å². The molecule has 3 heterocycles. The lowest BCUT2D eigenvalue weighted by atomic mass is 9.58. The number of aromatic nitrogens is 1. The van der Waals surface area contributed by atoms with Crippen LogP contribution in [0.15, 0.2) is 106 Å². The van der Waals surface area contributed by atoms with E-state index in [9.17, 15) is 4.79 Å². The molecule has 6 bridgehead atoms. The average Bonchev–Trinajstić information content (AvgIpc) is 3.76. The fourth-order valence-corrected chi connectivity index (χ4v) is 13.9. The van der Waals surface area contributed by atoms with Crippen LogP contribution in [0.3, 0.4) is 0 Å². The second-order valence-corrected chi connectivity index (χ2v) is 19.3. The van der Waals surface area contributed by atoms with Gasteiger partial charge >= 0.3 is 0 Å². The van der Waals surface area contributed by atoms with E-state index in [0.717, 1.165) is 50.4 Å². The molecule has 2 unspecified atom stereocenters. The summed E-state index contributed by atoms with van der Waals surface area (Å²) in [5.41, 5.74) is 18.7. The quantitative estimate of drug-likeness (QED) is 0.159. The molecule has 3 heteroatoms. The third kappa shape index (κ3) is 3.63. The summed E-state index contributed by atoms with van der Waals surface area (Å²) in [5, 5.41) is 7.44. The zero-order valence-electron chi connectivity index (χ0n) is 32.6. The van der Waals surface area contributed by atoms with E-state index in [1.54, 1.807) is 11.1 Å². The van der Waals surface area contributed by atoms with Crippen molar-refractivity contribution in [1.82, 2.24) is 4.40 Å². The highest BCUT2D eigenvalue weighted by Gasteiger charge is 2.53. The van der Waals surface area contributed by atoms with E-state index < -0.39 is 0 Å². The highest BCUT2D eigenvalue weighted by Crippen LogP contribution is 2.62. The topological polar surface area (TPSA) is 34.6 Å². The van der Waals surface area contributed by atoms with Gasteiger partial charge in [-0.25, -0.2) is 0 Å². The molecular formula is C52H45NO2. The first kappa shape index (κ1) is 31.1. The normalized spacial score (nSPS) is 28.6. The molecule has 8 aromatic rings. The van der Waals surface area contributed by atoms with Crippen LogP contribution in [0.4, 0.5) is 0 Å². The average molecular weight is 716 g/mol. The van der Waals surface area contributed by atoms with Crippen LogP contribution in [0.1, 0.15) is 107 Å². The Balaban J connectivity index is 1.18. The van der Waals surface area contributed by atoms with Gasteiger partial charge in [-0.05, 0) is 147 Å². The first-order valence-electron chi connectivity index (χ1n) is 20.7. The van der Waals surface area contributed by atoms with Gasteiger partial charge in [0.25, 0.3) is 0 Å². The molecular weight excluding hydrogens is 671 g/mol. The van der Waals surface area contributed by atoms with Gasteiger partial charge in [0.05, 0.1) is 22.5 Å². The maximum absolute atomic E-state index is 14.7. The van der Waals surface area contributed by atoms with Gasteiger partial charge in [0, 0.05) is 49.4 Å². The number of carbonyl (C=O) groups excluding carboxylic acids is 1. The number of hydrogen-bond donors (Lipinski definition) is 0. The molecule has 0 N–H and O–H groups in total. The first-order chi connectivity index (χ1) is 26.5. The van der Waals surface area contributed by atoms with Crippen molar-refractivity contribution in [3.05, 3.63) is 123 Å². The number of furan rings is 1. The van der Waals surface area contributed by atoms with E-state index in [0.29, 0.717) is 0 Å². The lowest BCUT2D eigenvalue weighted by molar-refractivity contribution is 0.0899. The number of ketones is 1. The van der Waals surface area contributed by atoms with Crippen molar-refractivity contribution in [2.24, 2.45) is 17.8 Å². The molecule has 3 aromatic heterocycles. The maximum Gasteiger partial charge on any atom is 0.174 e. The molecule has 0 spiro atoms. The second-order valence-electron chi connectivity index (χ2n) is 19.3. The third-order valence-electron chi connectivity index (χ3n) is 16.2. The number of Topliss-reactive ketones (excluding diaryl/α,β-unsaturated/α-hetero) is 1. The van der Waals surface area contributed by atoms with Gasteiger partial charge in [-0.1, -0.05) is 72.5 Å². The monoisotopic (exact) mass is 715 g/mol.